The summed E-state index contributed by atoms with van der Waals surface area (Å²) in [5.41, 5.74) is 7.07. The molecule has 1 amide bonds. The monoisotopic (exact) mass is 312 g/mol. The van der Waals surface area contributed by atoms with Gasteiger partial charge in [0.1, 0.15) is 0 Å². The largest absolute Gasteiger partial charge is 0.326 e. The van der Waals surface area contributed by atoms with E-state index in [0.717, 1.165) is 18.4 Å². The van der Waals surface area contributed by atoms with Gasteiger partial charge in [-0.15, -0.1) is 0 Å². The second-order valence-corrected chi connectivity index (χ2v) is 7.32. The van der Waals surface area contributed by atoms with Gasteiger partial charge in [0, 0.05) is 18.7 Å². The number of nitrogens with one attached hydrogen (secondary N) is 1. The minimum absolute atomic E-state index is 0.0205. The maximum atomic E-state index is 11.8. The summed E-state index contributed by atoms with van der Waals surface area (Å²) in [6.07, 6.45) is 2.52. The zero-order valence-electron chi connectivity index (χ0n) is 12.5. The van der Waals surface area contributed by atoms with Gasteiger partial charge < -0.3 is 11.1 Å². The van der Waals surface area contributed by atoms with Gasteiger partial charge in [-0.1, -0.05) is 38.0 Å². The molecular formula is C15H24N2O3S. The van der Waals surface area contributed by atoms with Gasteiger partial charge in [-0.2, -0.15) is 0 Å². The second kappa shape index (κ2) is 8.79. The van der Waals surface area contributed by atoms with Crippen LogP contribution in [0, 0.1) is 0 Å². The predicted octanol–water partition coefficient (Wildman–Crippen LogP) is 2.08. The molecule has 0 atom stereocenters. The maximum Gasteiger partial charge on any atom is 0.225 e. The third kappa shape index (κ3) is 6.73. The van der Waals surface area contributed by atoms with Crippen LogP contribution in [0.1, 0.15) is 38.2 Å². The van der Waals surface area contributed by atoms with Crippen LogP contribution >= 0.6 is 0 Å². The molecule has 0 aromatic heterocycles. The molecule has 1 rings (SSSR count). The number of benzene rings is 1. The second-order valence-electron chi connectivity index (χ2n) is 5.02. The smallest absolute Gasteiger partial charge is 0.225 e. The number of hydrogen-bond acceptors (Lipinski definition) is 4. The van der Waals surface area contributed by atoms with Gasteiger partial charge in [-0.3, -0.25) is 4.79 Å². The zero-order valence-corrected chi connectivity index (χ0v) is 13.3. The lowest BCUT2D eigenvalue weighted by molar-refractivity contribution is -0.115. The topological polar surface area (TPSA) is 89.3 Å². The number of rotatable bonds is 9. The lowest BCUT2D eigenvalue weighted by Gasteiger charge is -2.09. The first kappa shape index (κ1) is 17.7. The summed E-state index contributed by atoms with van der Waals surface area (Å²) in [7, 11) is -3.14. The Morgan fingerprint density at radius 1 is 1.19 bits per heavy atom. The van der Waals surface area contributed by atoms with Crippen molar-refractivity contribution in [3.05, 3.63) is 29.8 Å². The summed E-state index contributed by atoms with van der Waals surface area (Å²) in [5.74, 6) is -0.240. The van der Waals surface area contributed by atoms with Crippen molar-refractivity contribution in [1.29, 1.82) is 0 Å². The van der Waals surface area contributed by atoms with Gasteiger partial charge in [0.25, 0.3) is 0 Å². The van der Waals surface area contributed by atoms with Crippen molar-refractivity contribution in [1.82, 2.24) is 0 Å². The zero-order chi connectivity index (χ0) is 15.7. The number of unbranched alkanes of at least 4 members (excludes halogenated alkanes) is 2. The molecule has 0 saturated heterocycles. The fourth-order valence-corrected chi connectivity index (χ4v) is 3.30. The Morgan fingerprint density at radius 2 is 1.90 bits per heavy atom. The molecule has 0 bridgehead atoms. The molecule has 0 fully saturated rings. The minimum atomic E-state index is -3.14. The molecule has 0 aliphatic carbocycles. The van der Waals surface area contributed by atoms with Crippen LogP contribution in [-0.2, 0) is 21.2 Å². The molecule has 118 valence electrons. The number of nitrogens with two attached hydrogens (primary N) is 1. The predicted molar refractivity (Wildman–Crippen MR) is 85.8 cm³/mol. The first-order valence-electron chi connectivity index (χ1n) is 7.26. The van der Waals surface area contributed by atoms with Gasteiger partial charge in [-0.05, 0) is 18.1 Å². The van der Waals surface area contributed by atoms with Crippen LogP contribution in [0.25, 0.3) is 0 Å². The summed E-state index contributed by atoms with van der Waals surface area (Å²) < 4.78 is 23.6. The van der Waals surface area contributed by atoms with Crippen molar-refractivity contribution in [3.8, 4) is 0 Å². The standard InChI is InChI=1S/C15H24N2O3S/c1-2-3-6-10-21(19,20)11-9-15(18)17-14-8-5-4-7-13(14)12-16/h4-5,7-8H,2-3,6,9-12,16H2,1H3,(H,17,18). The molecule has 0 spiro atoms. The number of sulfone groups is 1. The Kier molecular flexibility index (Phi) is 7.39. The van der Waals surface area contributed by atoms with Crippen molar-refractivity contribution < 1.29 is 13.2 Å². The molecule has 0 radical (unpaired) electrons. The van der Waals surface area contributed by atoms with Crippen LogP contribution in [0.15, 0.2) is 24.3 Å². The van der Waals surface area contributed by atoms with Crippen molar-refractivity contribution in [3.63, 3.8) is 0 Å². The summed E-state index contributed by atoms with van der Waals surface area (Å²) in [6.45, 7) is 2.35. The summed E-state index contributed by atoms with van der Waals surface area (Å²) in [5, 5.41) is 2.72. The Morgan fingerprint density at radius 3 is 2.57 bits per heavy atom. The Labute approximate surface area is 126 Å². The molecule has 0 unspecified atom stereocenters. The normalized spacial score (nSPS) is 11.3. The number of amides is 1. The number of carbonyl (C=O) groups is 1. The number of carbonyl (C=O) groups excluding carboxylic acids is 1. The maximum absolute atomic E-state index is 11.8. The van der Waals surface area contributed by atoms with Crippen molar-refractivity contribution >= 4 is 21.4 Å². The Bertz CT molecular complexity index is 556. The molecule has 5 nitrogen and oxygen atoms in total. The fourth-order valence-electron chi connectivity index (χ4n) is 1.96. The summed E-state index contributed by atoms with van der Waals surface area (Å²) in [4.78, 5) is 11.8. The van der Waals surface area contributed by atoms with Crippen LogP contribution in [0.4, 0.5) is 5.69 Å². The lowest BCUT2D eigenvalue weighted by atomic mass is 10.2. The van der Waals surface area contributed by atoms with E-state index >= 15 is 0 Å². The van der Waals surface area contributed by atoms with E-state index in [0.29, 0.717) is 18.7 Å². The average Bonchev–Trinajstić information content (AvgIpc) is 2.46. The summed E-state index contributed by atoms with van der Waals surface area (Å²) >= 11 is 0. The molecule has 3 N–H and O–H groups in total. The fraction of sp³-hybridized carbons (Fsp3) is 0.533. The van der Waals surface area contributed by atoms with Gasteiger partial charge in [0.2, 0.25) is 5.91 Å². The molecule has 1 aromatic carbocycles. The van der Waals surface area contributed by atoms with Gasteiger partial charge >= 0.3 is 0 Å². The van der Waals surface area contributed by atoms with Crippen LogP contribution < -0.4 is 11.1 Å². The molecule has 0 aliphatic heterocycles. The highest BCUT2D eigenvalue weighted by molar-refractivity contribution is 7.91. The van der Waals surface area contributed by atoms with Gasteiger partial charge in [0.05, 0.1) is 11.5 Å². The Balaban J connectivity index is 2.47. The van der Waals surface area contributed by atoms with Crippen LogP contribution in [0.2, 0.25) is 0 Å². The molecule has 0 aliphatic rings. The van der Waals surface area contributed by atoms with Crippen LogP contribution in [0.3, 0.4) is 0 Å². The van der Waals surface area contributed by atoms with Crippen molar-refractivity contribution in [2.75, 3.05) is 16.8 Å². The number of anilines is 1. The third-order valence-electron chi connectivity index (χ3n) is 3.21. The molecule has 0 heterocycles. The van der Waals surface area contributed by atoms with E-state index in [1.807, 2.05) is 19.1 Å². The third-order valence-corrected chi connectivity index (χ3v) is 4.95. The minimum Gasteiger partial charge on any atom is -0.326 e. The SMILES string of the molecule is CCCCCS(=O)(=O)CCC(=O)Nc1ccccc1CN. The lowest BCUT2D eigenvalue weighted by Crippen LogP contribution is -2.20. The first-order valence-corrected chi connectivity index (χ1v) is 9.09. The molecule has 6 heteroatoms. The van der Waals surface area contributed by atoms with Crippen LogP contribution in [0.5, 0.6) is 0 Å². The van der Waals surface area contributed by atoms with E-state index in [9.17, 15) is 13.2 Å². The highest BCUT2D eigenvalue weighted by Crippen LogP contribution is 2.14. The molecule has 0 saturated carbocycles. The van der Waals surface area contributed by atoms with E-state index in [-0.39, 0.29) is 23.8 Å². The van der Waals surface area contributed by atoms with Gasteiger partial charge in [-0.25, -0.2) is 8.42 Å². The highest BCUT2D eigenvalue weighted by Gasteiger charge is 2.14. The Hall–Kier alpha value is -1.40. The van der Waals surface area contributed by atoms with Crippen LogP contribution in [-0.4, -0.2) is 25.8 Å². The van der Waals surface area contributed by atoms with Crippen molar-refractivity contribution in [2.24, 2.45) is 5.73 Å². The van der Waals surface area contributed by atoms with E-state index in [1.54, 1.807) is 12.1 Å². The first-order chi connectivity index (χ1) is 9.98. The number of hydrogen-bond donors (Lipinski definition) is 2. The van der Waals surface area contributed by atoms with E-state index in [4.69, 9.17) is 5.73 Å². The van der Waals surface area contributed by atoms with E-state index in [2.05, 4.69) is 5.32 Å². The summed E-state index contributed by atoms with van der Waals surface area (Å²) in [6, 6.07) is 7.24. The molecular weight excluding hydrogens is 288 g/mol. The van der Waals surface area contributed by atoms with Gasteiger partial charge in [0.15, 0.2) is 9.84 Å². The quantitative estimate of drug-likeness (QED) is 0.683. The highest BCUT2D eigenvalue weighted by atomic mass is 32.2. The average molecular weight is 312 g/mol. The molecule has 21 heavy (non-hydrogen) atoms. The van der Waals surface area contributed by atoms with E-state index in [1.165, 1.54) is 0 Å². The molecule has 1 aromatic rings. The van der Waals surface area contributed by atoms with E-state index < -0.39 is 9.84 Å². The van der Waals surface area contributed by atoms with Crippen molar-refractivity contribution in [2.45, 2.75) is 39.2 Å². The number of para-hydroxylation sites is 1.